The Kier molecular flexibility index (Phi) is 5.75. The van der Waals surface area contributed by atoms with Crippen LogP contribution in [0.4, 0.5) is 8.78 Å². The molecule has 7 rings (SSSR count). The van der Waals surface area contributed by atoms with Gasteiger partial charge in [0, 0.05) is 47.5 Å². The molecule has 4 aliphatic rings. The molecule has 3 atom stereocenters. The molecular weight excluding hydrogens is 524 g/mol. The number of piperidine rings is 1. The largest absolute Gasteiger partial charge is 0.502 e. The van der Waals surface area contributed by atoms with Crippen LogP contribution < -0.4 is 10.9 Å². The van der Waals surface area contributed by atoms with Crippen LogP contribution in [0.3, 0.4) is 0 Å². The molecule has 0 radical (unpaired) electrons. The van der Waals surface area contributed by atoms with Crippen LogP contribution in [-0.2, 0) is 16.9 Å². The fraction of sp³-hybridized carbons (Fsp3) is 0.379. The summed E-state index contributed by atoms with van der Waals surface area (Å²) in [4.78, 5) is 28.0. The van der Waals surface area contributed by atoms with Gasteiger partial charge in [-0.15, -0.1) is 11.8 Å². The van der Waals surface area contributed by atoms with E-state index in [4.69, 9.17) is 4.74 Å². The lowest BCUT2D eigenvalue weighted by atomic mass is 9.62. The zero-order valence-electron chi connectivity index (χ0n) is 21.1. The lowest BCUT2D eigenvalue weighted by Gasteiger charge is -2.53. The first-order valence-electron chi connectivity index (χ1n) is 13.2. The topological polar surface area (TPSA) is 83.8 Å². The molecule has 1 aromatic heterocycles. The Hall–Kier alpha value is -3.37. The van der Waals surface area contributed by atoms with Gasteiger partial charge >= 0.3 is 0 Å². The number of hydrogen-bond donors (Lipinski definition) is 2. The molecule has 0 saturated carbocycles. The predicted octanol–water partition coefficient (Wildman–Crippen LogP) is 4.34. The number of nitrogens with one attached hydrogen (secondary N) is 1. The van der Waals surface area contributed by atoms with Gasteiger partial charge in [-0.2, -0.15) is 0 Å². The number of aromatic nitrogens is 1. The van der Waals surface area contributed by atoms with Gasteiger partial charge in [0.2, 0.25) is 5.43 Å². The molecule has 1 unspecified atom stereocenters. The molecule has 7 nitrogen and oxygen atoms in total. The molecule has 0 aliphatic carbocycles. The summed E-state index contributed by atoms with van der Waals surface area (Å²) in [6.07, 6.45) is 4.04. The molecule has 1 spiro atoms. The van der Waals surface area contributed by atoms with Crippen molar-refractivity contribution in [1.82, 2.24) is 9.58 Å². The number of halogens is 2. The van der Waals surface area contributed by atoms with E-state index in [2.05, 4.69) is 23.6 Å². The van der Waals surface area contributed by atoms with Crippen LogP contribution in [-0.4, -0.2) is 46.5 Å². The highest BCUT2D eigenvalue weighted by Crippen LogP contribution is 2.52. The van der Waals surface area contributed by atoms with Crippen molar-refractivity contribution in [3.63, 3.8) is 0 Å². The van der Waals surface area contributed by atoms with E-state index in [0.717, 1.165) is 34.4 Å². The van der Waals surface area contributed by atoms with Crippen molar-refractivity contribution < 1.29 is 23.4 Å². The average molecular weight is 552 g/mol. The van der Waals surface area contributed by atoms with Crippen LogP contribution in [0.25, 0.3) is 0 Å². The van der Waals surface area contributed by atoms with Crippen molar-refractivity contribution in [2.45, 2.75) is 48.4 Å². The summed E-state index contributed by atoms with van der Waals surface area (Å²) in [6, 6.07) is 10.6. The number of pyridine rings is 1. The number of ether oxygens (including phenoxy) is 1. The molecule has 1 amide bonds. The number of nitrogens with zero attached hydrogens (tertiary/aromatic N) is 2. The zero-order chi connectivity index (χ0) is 26.9. The maximum absolute atomic E-state index is 14.5. The van der Waals surface area contributed by atoms with Gasteiger partial charge in [0.1, 0.15) is 6.17 Å². The summed E-state index contributed by atoms with van der Waals surface area (Å²) in [6.45, 7) is 1.70. The molecule has 4 aliphatic heterocycles. The van der Waals surface area contributed by atoms with E-state index in [1.165, 1.54) is 34.8 Å². The number of thioether (sulfide) groups is 1. The van der Waals surface area contributed by atoms with Crippen molar-refractivity contribution in [3.8, 4) is 5.75 Å². The highest BCUT2D eigenvalue weighted by molar-refractivity contribution is 7.98. The van der Waals surface area contributed by atoms with Crippen molar-refractivity contribution in [1.29, 1.82) is 0 Å². The van der Waals surface area contributed by atoms with E-state index in [-0.39, 0.29) is 29.1 Å². The van der Waals surface area contributed by atoms with Gasteiger partial charge < -0.3 is 20.2 Å². The minimum atomic E-state index is -0.812. The third-order valence-corrected chi connectivity index (χ3v) is 10.1. The highest BCUT2D eigenvalue weighted by Gasteiger charge is 2.50. The molecule has 2 fully saturated rings. The van der Waals surface area contributed by atoms with Crippen LogP contribution in [0.1, 0.15) is 57.9 Å². The average Bonchev–Trinajstić information content (AvgIpc) is 3.12. The Morgan fingerprint density at radius 2 is 1.97 bits per heavy atom. The first-order valence-corrected chi connectivity index (χ1v) is 14.1. The number of benzene rings is 2. The van der Waals surface area contributed by atoms with Crippen LogP contribution in [0.5, 0.6) is 5.75 Å². The van der Waals surface area contributed by atoms with Gasteiger partial charge in [-0.1, -0.05) is 18.2 Å². The number of carbonyl (C=O) groups excluding carboxylic acids is 1. The summed E-state index contributed by atoms with van der Waals surface area (Å²) in [5.74, 6) is -1.97. The summed E-state index contributed by atoms with van der Waals surface area (Å²) in [5.41, 5.74) is 6.10. The number of amides is 1. The van der Waals surface area contributed by atoms with E-state index >= 15 is 0 Å². The van der Waals surface area contributed by atoms with Gasteiger partial charge in [-0.25, -0.2) is 8.78 Å². The Morgan fingerprint density at radius 3 is 2.85 bits per heavy atom. The Morgan fingerprint density at radius 1 is 1.10 bits per heavy atom. The summed E-state index contributed by atoms with van der Waals surface area (Å²) >= 11 is 1.53. The summed E-state index contributed by atoms with van der Waals surface area (Å²) in [5, 5.41) is 10.3. The van der Waals surface area contributed by atoms with Crippen molar-refractivity contribution in [2.75, 3.05) is 25.2 Å². The van der Waals surface area contributed by atoms with E-state index < -0.39 is 22.8 Å². The molecule has 2 aromatic carbocycles. The lowest BCUT2D eigenvalue weighted by molar-refractivity contribution is -0.0525. The van der Waals surface area contributed by atoms with Crippen molar-refractivity contribution in [3.05, 3.63) is 92.4 Å². The Balaban J connectivity index is 1.21. The Labute approximate surface area is 227 Å². The normalized spacial score (nSPS) is 25.7. The number of rotatable bonds is 1. The van der Waals surface area contributed by atoms with Crippen LogP contribution in [0.15, 0.2) is 52.3 Å². The minimum Gasteiger partial charge on any atom is -0.502 e. The SMILES string of the molecule is O=C1c2c(O)c(=O)ccn2N[C@@H]2C[C@]3(CCOCC3c3ccc4c(c3)Cc3ccc(F)c(F)c3CS4)CCN12. The molecule has 10 heteroatoms. The van der Waals surface area contributed by atoms with E-state index in [1.807, 2.05) is 0 Å². The Bertz CT molecular complexity index is 1580. The molecule has 39 heavy (non-hydrogen) atoms. The number of hydrogen-bond acceptors (Lipinski definition) is 6. The van der Waals surface area contributed by atoms with Gasteiger partial charge in [-0.05, 0) is 59.9 Å². The molecule has 2 saturated heterocycles. The maximum atomic E-state index is 14.5. The van der Waals surface area contributed by atoms with Gasteiger partial charge in [0.25, 0.3) is 5.91 Å². The lowest BCUT2D eigenvalue weighted by Crippen LogP contribution is -2.61. The molecule has 202 valence electrons. The maximum Gasteiger partial charge on any atom is 0.278 e. The second kappa shape index (κ2) is 9.09. The highest BCUT2D eigenvalue weighted by atomic mass is 32.2. The van der Waals surface area contributed by atoms with Crippen molar-refractivity contribution in [2.24, 2.45) is 5.41 Å². The second-order valence-electron chi connectivity index (χ2n) is 10.9. The van der Waals surface area contributed by atoms with Crippen LogP contribution >= 0.6 is 11.8 Å². The summed E-state index contributed by atoms with van der Waals surface area (Å²) < 4.78 is 35.9. The first-order chi connectivity index (χ1) is 18.8. The molecular formula is C29H27F2N3O4S. The van der Waals surface area contributed by atoms with E-state index in [9.17, 15) is 23.5 Å². The third-order valence-electron chi connectivity index (χ3n) is 8.95. The quantitative estimate of drug-likeness (QED) is 0.468. The monoisotopic (exact) mass is 551 g/mol. The van der Waals surface area contributed by atoms with Crippen LogP contribution in [0, 0.1) is 17.0 Å². The number of fused-ring (bicyclic) bond motifs is 4. The first kappa shape index (κ1) is 24.7. The van der Waals surface area contributed by atoms with E-state index in [1.54, 1.807) is 11.0 Å². The zero-order valence-corrected chi connectivity index (χ0v) is 21.9. The molecule has 2 N–H and O–H groups in total. The number of aromatic hydroxyl groups is 1. The predicted molar refractivity (Wildman–Crippen MR) is 142 cm³/mol. The van der Waals surface area contributed by atoms with Gasteiger partial charge in [0.15, 0.2) is 23.1 Å². The fourth-order valence-corrected chi connectivity index (χ4v) is 7.91. The smallest absolute Gasteiger partial charge is 0.278 e. The van der Waals surface area contributed by atoms with Crippen molar-refractivity contribution >= 4 is 17.7 Å². The second-order valence-corrected chi connectivity index (χ2v) is 11.9. The minimum absolute atomic E-state index is 0.0296. The number of carbonyl (C=O) groups is 1. The standard InChI is InChI=1S/C29H27F2N3O4S/c30-21-3-1-16-11-18-12-17(2-4-23(18)39-15-19(16)25(21)31)20-14-38-10-7-29(20)6-9-33-24(13-29)32-34-8-5-22(35)27(36)26(34)28(33)37/h1-5,8,12,20,24,32,36H,6-7,9-11,13-15H2/t20?,24-,29+/m0/s1. The van der Waals surface area contributed by atoms with Gasteiger partial charge in [-0.3, -0.25) is 14.3 Å². The van der Waals surface area contributed by atoms with Gasteiger partial charge in [0.05, 0.1) is 6.61 Å². The van der Waals surface area contributed by atoms with Crippen LogP contribution in [0.2, 0.25) is 0 Å². The molecule has 0 bridgehead atoms. The molecule has 5 heterocycles. The fourth-order valence-electron chi connectivity index (χ4n) is 6.82. The third kappa shape index (κ3) is 3.87. The molecule has 3 aromatic rings. The van der Waals surface area contributed by atoms with E-state index in [0.29, 0.717) is 43.9 Å². The summed E-state index contributed by atoms with van der Waals surface area (Å²) in [7, 11) is 0.